The van der Waals surface area contributed by atoms with Crippen LogP contribution in [0.25, 0.3) is 11.1 Å². The normalized spacial score (nSPS) is 13.7. The van der Waals surface area contributed by atoms with E-state index in [0.717, 1.165) is 18.5 Å². The lowest BCUT2D eigenvalue weighted by molar-refractivity contribution is -0.0205. The van der Waals surface area contributed by atoms with Crippen LogP contribution < -0.4 is 0 Å². The average Bonchev–Trinajstić information content (AvgIpc) is 3.13. The van der Waals surface area contributed by atoms with Crippen molar-refractivity contribution >= 4 is 15.9 Å². The number of halogens is 1. The van der Waals surface area contributed by atoms with Crippen LogP contribution in [-0.2, 0) is 9.47 Å². The maximum absolute atomic E-state index is 5.03. The number of hydrogen-bond donors (Lipinski definition) is 0. The Bertz CT molecular complexity index is 416. The number of ether oxygens (including phenoxy) is 2. The number of benzene rings is 2. The summed E-state index contributed by atoms with van der Waals surface area (Å²) < 4.78 is 10.1. The number of hydrogen-bond acceptors (Lipinski definition) is 2. The van der Waals surface area contributed by atoms with Gasteiger partial charge in [-0.2, -0.15) is 0 Å². The minimum Gasteiger partial charge on any atom is -0.349 e. The fraction of sp³-hybridized carbons (Fsp3) is 0.333. The van der Waals surface area contributed by atoms with Gasteiger partial charge < -0.3 is 9.47 Å². The summed E-state index contributed by atoms with van der Waals surface area (Å²) in [4.78, 5) is 0. The van der Waals surface area contributed by atoms with Gasteiger partial charge in [0.15, 0.2) is 6.29 Å². The van der Waals surface area contributed by atoms with Gasteiger partial charge in [-0.3, -0.25) is 0 Å². The fourth-order valence-corrected chi connectivity index (χ4v) is 2.13. The molecule has 1 aliphatic rings. The molecule has 0 saturated carbocycles. The Balaban J connectivity index is 0.000000210. The molecule has 0 atom stereocenters. The molecular formula is C18H23BrO2. The number of alkyl halides is 1. The van der Waals surface area contributed by atoms with Crippen molar-refractivity contribution in [3.8, 4) is 11.1 Å². The van der Waals surface area contributed by atoms with Gasteiger partial charge in [0.05, 0.1) is 18.5 Å². The van der Waals surface area contributed by atoms with Crippen molar-refractivity contribution in [1.29, 1.82) is 0 Å². The zero-order chi connectivity index (χ0) is 15.3. The van der Waals surface area contributed by atoms with Gasteiger partial charge in [-0.25, -0.2) is 0 Å². The Morgan fingerprint density at radius 2 is 1.19 bits per heavy atom. The maximum Gasteiger partial charge on any atom is 0.167 e. The summed E-state index contributed by atoms with van der Waals surface area (Å²) in [6.07, 6.45) is 0.0139. The lowest BCUT2D eigenvalue weighted by Crippen LogP contribution is -2.07. The third kappa shape index (κ3) is 6.89. The molecule has 1 fully saturated rings. The predicted molar refractivity (Wildman–Crippen MR) is 92.7 cm³/mol. The summed E-state index contributed by atoms with van der Waals surface area (Å²) in [7, 11) is 0. The third-order valence-corrected chi connectivity index (χ3v) is 3.23. The van der Waals surface area contributed by atoms with Crippen molar-refractivity contribution in [2.75, 3.05) is 18.5 Å². The minimum atomic E-state index is 0.0139. The zero-order valence-corrected chi connectivity index (χ0v) is 14.3. The van der Waals surface area contributed by atoms with Gasteiger partial charge in [0, 0.05) is 0 Å². The first-order valence-corrected chi connectivity index (χ1v) is 8.42. The summed E-state index contributed by atoms with van der Waals surface area (Å²) in [5.41, 5.74) is 2.55. The molecule has 21 heavy (non-hydrogen) atoms. The van der Waals surface area contributed by atoms with E-state index in [9.17, 15) is 0 Å². The quantitative estimate of drug-likeness (QED) is 0.698. The molecule has 1 aliphatic heterocycles. The highest BCUT2D eigenvalue weighted by Crippen LogP contribution is 2.17. The monoisotopic (exact) mass is 350 g/mol. The van der Waals surface area contributed by atoms with Gasteiger partial charge in [-0.15, -0.1) is 0 Å². The molecular weight excluding hydrogens is 328 g/mol. The SMILES string of the molecule is BrCC1OCCO1.CC.c1ccc(-c2ccccc2)cc1. The first-order valence-electron chi connectivity index (χ1n) is 7.30. The molecule has 1 heterocycles. The maximum atomic E-state index is 5.03. The second-order valence-corrected chi connectivity index (χ2v) is 4.70. The fourth-order valence-electron chi connectivity index (χ4n) is 1.76. The highest BCUT2D eigenvalue weighted by atomic mass is 79.9. The molecule has 0 bridgehead atoms. The van der Waals surface area contributed by atoms with E-state index in [4.69, 9.17) is 9.47 Å². The molecule has 0 radical (unpaired) electrons. The van der Waals surface area contributed by atoms with Gasteiger partial charge in [0.2, 0.25) is 0 Å². The third-order valence-electron chi connectivity index (χ3n) is 2.70. The van der Waals surface area contributed by atoms with Crippen molar-refractivity contribution in [2.45, 2.75) is 20.1 Å². The zero-order valence-electron chi connectivity index (χ0n) is 12.7. The van der Waals surface area contributed by atoms with Crippen LogP contribution >= 0.6 is 15.9 Å². The molecule has 2 aromatic carbocycles. The molecule has 0 aromatic heterocycles. The Hall–Kier alpha value is -1.16. The largest absolute Gasteiger partial charge is 0.349 e. The van der Waals surface area contributed by atoms with Crippen molar-refractivity contribution in [2.24, 2.45) is 0 Å². The van der Waals surface area contributed by atoms with Crippen LogP contribution in [-0.4, -0.2) is 24.8 Å². The standard InChI is InChI=1S/C12H10.C4H7BrO2.C2H6/c1-3-7-11(8-4-1)12-9-5-2-6-10-12;5-3-4-6-1-2-7-4;1-2/h1-10H;4H,1-3H2;1-2H3. The van der Waals surface area contributed by atoms with Crippen molar-refractivity contribution in [3.63, 3.8) is 0 Å². The second-order valence-electron chi connectivity index (χ2n) is 4.06. The Morgan fingerprint density at radius 3 is 1.48 bits per heavy atom. The Kier molecular flexibility index (Phi) is 9.79. The molecule has 2 nitrogen and oxygen atoms in total. The molecule has 1 saturated heterocycles. The first kappa shape index (κ1) is 17.9. The number of rotatable bonds is 2. The van der Waals surface area contributed by atoms with Crippen LogP contribution in [0.4, 0.5) is 0 Å². The highest BCUT2D eigenvalue weighted by molar-refractivity contribution is 9.09. The summed E-state index contributed by atoms with van der Waals surface area (Å²) in [6.45, 7) is 5.49. The van der Waals surface area contributed by atoms with Crippen LogP contribution in [0.5, 0.6) is 0 Å². The van der Waals surface area contributed by atoms with Gasteiger partial charge >= 0.3 is 0 Å². The molecule has 0 aliphatic carbocycles. The van der Waals surface area contributed by atoms with Crippen LogP contribution in [0.15, 0.2) is 60.7 Å². The molecule has 0 unspecified atom stereocenters. The lowest BCUT2D eigenvalue weighted by Gasteiger charge is -2.00. The summed E-state index contributed by atoms with van der Waals surface area (Å²) >= 11 is 3.23. The molecule has 114 valence electrons. The van der Waals surface area contributed by atoms with E-state index in [1.807, 2.05) is 26.0 Å². The summed E-state index contributed by atoms with van der Waals surface area (Å²) in [6, 6.07) is 20.8. The van der Waals surface area contributed by atoms with Crippen molar-refractivity contribution < 1.29 is 9.47 Å². The average molecular weight is 351 g/mol. The second kappa shape index (κ2) is 11.5. The van der Waals surface area contributed by atoms with Crippen molar-refractivity contribution in [3.05, 3.63) is 60.7 Å². The van der Waals surface area contributed by atoms with Gasteiger partial charge in [-0.05, 0) is 11.1 Å². The van der Waals surface area contributed by atoms with Crippen LogP contribution in [0, 0.1) is 0 Å². The van der Waals surface area contributed by atoms with Gasteiger partial charge in [0.1, 0.15) is 0 Å². The van der Waals surface area contributed by atoms with E-state index in [0.29, 0.717) is 0 Å². The predicted octanol–water partition coefficient (Wildman–Crippen LogP) is 5.13. The van der Waals surface area contributed by atoms with E-state index >= 15 is 0 Å². The molecule has 0 N–H and O–H groups in total. The van der Waals surface area contributed by atoms with E-state index < -0.39 is 0 Å². The van der Waals surface area contributed by atoms with Crippen LogP contribution in [0.2, 0.25) is 0 Å². The van der Waals surface area contributed by atoms with E-state index in [2.05, 4.69) is 64.5 Å². The smallest absolute Gasteiger partial charge is 0.167 e. The topological polar surface area (TPSA) is 18.5 Å². The molecule has 3 heteroatoms. The van der Waals surface area contributed by atoms with Crippen molar-refractivity contribution in [1.82, 2.24) is 0 Å². The minimum absolute atomic E-state index is 0.0139. The van der Waals surface area contributed by atoms with Crippen LogP contribution in [0.3, 0.4) is 0 Å². The molecule has 0 amide bonds. The van der Waals surface area contributed by atoms with Crippen LogP contribution in [0.1, 0.15) is 13.8 Å². The molecule has 0 spiro atoms. The van der Waals surface area contributed by atoms with Gasteiger partial charge in [0.25, 0.3) is 0 Å². The Labute approximate surface area is 136 Å². The van der Waals surface area contributed by atoms with Gasteiger partial charge in [-0.1, -0.05) is 90.4 Å². The van der Waals surface area contributed by atoms with E-state index in [-0.39, 0.29) is 6.29 Å². The first-order chi connectivity index (χ1) is 10.4. The Morgan fingerprint density at radius 1 is 0.810 bits per heavy atom. The summed E-state index contributed by atoms with van der Waals surface area (Å²) in [5.74, 6) is 0. The summed E-state index contributed by atoms with van der Waals surface area (Å²) in [5, 5.41) is 0.785. The van der Waals surface area contributed by atoms with E-state index in [1.54, 1.807) is 0 Å². The highest BCUT2D eigenvalue weighted by Gasteiger charge is 2.12. The molecule has 2 aromatic rings. The van der Waals surface area contributed by atoms with E-state index in [1.165, 1.54) is 11.1 Å². The molecule has 3 rings (SSSR count). The lowest BCUT2D eigenvalue weighted by atomic mass is 10.1.